The minimum Gasteiger partial charge on any atom is -0.384 e. The number of nitrogens with zero attached hydrogens (tertiary/aromatic N) is 1. The fourth-order valence-electron chi connectivity index (χ4n) is 2.43. The molecular weight excluding hydrogens is 282 g/mol. The molecule has 0 aromatic carbocycles. The van der Waals surface area contributed by atoms with Crippen molar-refractivity contribution < 1.29 is 13.2 Å². The summed E-state index contributed by atoms with van der Waals surface area (Å²) in [6.07, 6.45) is 6.25. The summed E-state index contributed by atoms with van der Waals surface area (Å²) in [7, 11) is -1.58. The highest BCUT2D eigenvalue weighted by Crippen LogP contribution is 2.34. The van der Waals surface area contributed by atoms with Gasteiger partial charge in [-0.05, 0) is 12.8 Å². The molecule has 1 aliphatic carbocycles. The standard InChI is InChI=1S/C13H21NO3S2/c1-17-7-8-19(15,16)10-12-9-18-13(14-12)11-5-3-2-4-6-11/h9,11H,2-8,10H2,1H3. The summed E-state index contributed by atoms with van der Waals surface area (Å²) in [6, 6.07) is 0. The van der Waals surface area contributed by atoms with Crippen molar-refractivity contribution in [1.29, 1.82) is 0 Å². The molecule has 108 valence electrons. The highest BCUT2D eigenvalue weighted by atomic mass is 32.2. The van der Waals surface area contributed by atoms with Crippen LogP contribution in [0.25, 0.3) is 0 Å². The molecule has 0 unspecified atom stereocenters. The number of hydrogen-bond donors (Lipinski definition) is 0. The second kappa shape index (κ2) is 6.81. The Morgan fingerprint density at radius 2 is 2.11 bits per heavy atom. The Bertz CT molecular complexity index is 490. The van der Waals surface area contributed by atoms with Gasteiger partial charge in [0.1, 0.15) is 0 Å². The van der Waals surface area contributed by atoms with E-state index in [9.17, 15) is 8.42 Å². The third kappa shape index (κ3) is 4.54. The predicted molar refractivity (Wildman–Crippen MR) is 77.3 cm³/mol. The average Bonchev–Trinajstić information content (AvgIpc) is 2.85. The lowest BCUT2D eigenvalue weighted by atomic mass is 9.90. The van der Waals surface area contributed by atoms with Gasteiger partial charge in [0.2, 0.25) is 0 Å². The number of aromatic nitrogens is 1. The van der Waals surface area contributed by atoms with Crippen molar-refractivity contribution in [2.75, 3.05) is 19.5 Å². The molecule has 1 aliphatic rings. The van der Waals surface area contributed by atoms with Crippen LogP contribution in [0, 0.1) is 0 Å². The lowest BCUT2D eigenvalue weighted by Gasteiger charge is -2.18. The van der Waals surface area contributed by atoms with Gasteiger partial charge in [-0.15, -0.1) is 11.3 Å². The number of thiazole rings is 1. The monoisotopic (exact) mass is 303 g/mol. The van der Waals surface area contributed by atoms with E-state index >= 15 is 0 Å². The zero-order valence-corrected chi connectivity index (χ0v) is 12.9. The molecule has 0 N–H and O–H groups in total. The molecule has 0 saturated heterocycles. The first-order valence-electron chi connectivity index (χ1n) is 6.74. The van der Waals surface area contributed by atoms with E-state index in [1.807, 2.05) is 5.38 Å². The van der Waals surface area contributed by atoms with E-state index in [4.69, 9.17) is 4.74 Å². The summed E-state index contributed by atoms with van der Waals surface area (Å²) < 4.78 is 28.5. The van der Waals surface area contributed by atoms with Gasteiger partial charge >= 0.3 is 0 Å². The topological polar surface area (TPSA) is 56.3 Å². The van der Waals surface area contributed by atoms with Crippen LogP contribution in [0.2, 0.25) is 0 Å². The van der Waals surface area contributed by atoms with Crippen molar-refractivity contribution in [2.24, 2.45) is 0 Å². The molecule has 19 heavy (non-hydrogen) atoms. The van der Waals surface area contributed by atoms with E-state index in [1.54, 1.807) is 11.3 Å². The molecule has 1 saturated carbocycles. The van der Waals surface area contributed by atoms with Crippen molar-refractivity contribution in [3.05, 3.63) is 16.1 Å². The maximum absolute atomic E-state index is 11.8. The van der Waals surface area contributed by atoms with E-state index in [-0.39, 0.29) is 18.1 Å². The lowest BCUT2D eigenvalue weighted by molar-refractivity contribution is 0.217. The Labute approximate surface area is 119 Å². The van der Waals surface area contributed by atoms with Gasteiger partial charge in [0, 0.05) is 18.4 Å². The smallest absolute Gasteiger partial charge is 0.158 e. The first-order valence-corrected chi connectivity index (χ1v) is 9.44. The van der Waals surface area contributed by atoms with E-state index < -0.39 is 9.84 Å². The van der Waals surface area contributed by atoms with Gasteiger partial charge in [0.15, 0.2) is 9.84 Å². The zero-order valence-electron chi connectivity index (χ0n) is 11.3. The molecule has 0 aliphatic heterocycles. The summed E-state index contributed by atoms with van der Waals surface area (Å²) in [5.41, 5.74) is 0.696. The zero-order chi connectivity index (χ0) is 13.7. The van der Waals surface area contributed by atoms with E-state index in [0.717, 1.165) is 5.01 Å². The van der Waals surface area contributed by atoms with Crippen LogP contribution in [0.5, 0.6) is 0 Å². The average molecular weight is 303 g/mol. The Hall–Kier alpha value is -0.460. The Balaban J connectivity index is 1.96. The molecule has 1 fully saturated rings. The second-order valence-corrected chi connectivity index (χ2v) is 8.17. The Morgan fingerprint density at radius 1 is 1.37 bits per heavy atom. The third-order valence-electron chi connectivity index (χ3n) is 3.49. The van der Waals surface area contributed by atoms with Crippen LogP contribution in [0.15, 0.2) is 5.38 Å². The van der Waals surface area contributed by atoms with Crippen molar-refractivity contribution in [2.45, 2.75) is 43.8 Å². The maximum atomic E-state index is 11.8. The summed E-state index contributed by atoms with van der Waals surface area (Å²) in [5.74, 6) is 0.661. The van der Waals surface area contributed by atoms with E-state index in [1.165, 1.54) is 39.2 Å². The van der Waals surface area contributed by atoms with Gasteiger partial charge in [0.25, 0.3) is 0 Å². The number of rotatable bonds is 6. The molecular formula is C13H21NO3S2. The van der Waals surface area contributed by atoms with Crippen molar-refractivity contribution in [3.8, 4) is 0 Å². The molecule has 0 bridgehead atoms. The van der Waals surface area contributed by atoms with Gasteiger partial charge < -0.3 is 4.74 Å². The van der Waals surface area contributed by atoms with Gasteiger partial charge in [-0.25, -0.2) is 13.4 Å². The van der Waals surface area contributed by atoms with Gasteiger partial charge in [0.05, 0.1) is 28.8 Å². The summed E-state index contributed by atoms with van der Waals surface area (Å²) in [5, 5.41) is 3.02. The van der Waals surface area contributed by atoms with Crippen molar-refractivity contribution in [1.82, 2.24) is 4.98 Å². The lowest BCUT2D eigenvalue weighted by Crippen LogP contribution is -2.14. The minimum absolute atomic E-state index is 0.0412. The molecule has 0 spiro atoms. The molecule has 0 amide bonds. The fourth-order valence-corrected chi connectivity index (χ4v) is 4.69. The number of ether oxygens (including phenoxy) is 1. The summed E-state index contributed by atoms with van der Waals surface area (Å²) >= 11 is 1.61. The third-order valence-corrected chi connectivity index (χ3v) is 6.07. The van der Waals surface area contributed by atoms with E-state index in [2.05, 4.69) is 4.98 Å². The molecule has 4 nitrogen and oxygen atoms in total. The summed E-state index contributed by atoms with van der Waals surface area (Å²) in [6.45, 7) is 0.252. The second-order valence-electron chi connectivity index (χ2n) is 5.10. The molecule has 1 aromatic heterocycles. The molecule has 1 aromatic rings. The normalized spacial score (nSPS) is 17.7. The van der Waals surface area contributed by atoms with Crippen LogP contribution >= 0.6 is 11.3 Å². The van der Waals surface area contributed by atoms with Gasteiger partial charge in [-0.2, -0.15) is 0 Å². The SMILES string of the molecule is COCCS(=O)(=O)Cc1csc(C2CCCCC2)n1. The van der Waals surface area contributed by atoms with Crippen LogP contribution in [-0.2, 0) is 20.3 Å². The molecule has 1 heterocycles. The summed E-state index contributed by atoms with van der Waals surface area (Å²) in [4.78, 5) is 4.53. The van der Waals surface area contributed by atoms with Gasteiger partial charge in [-0.1, -0.05) is 19.3 Å². The van der Waals surface area contributed by atoms with Crippen LogP contribution in [0.3, 0.4) is 0 Å². The number of sulfone groups is 1. The highest BCUT2D eigenvalue weighted by Gasteiger charge is 2.20. The Morgan fingerprint density at radius 3 is 2.79 bits per heavy atom. The van der Waals surface area contributed by atoms with Crippen LogP contribution in [0.1, 0.15) is 48.7 Å². The first-order chi connectivity index (χ1) is 9.11. The molecule has 6 heteroatoms. The largest absolute Gasteiger partial charge is 0.384 e. The fraction of sp³-hybridized carbons (Fsp3) is 0.769. The quantitative estimate of drug-likeness (QED) is 0.811. The van der Waals surface area contributed by atoms with Crippen LogP contribution in [-0.4, -0.2) is 32.9 Å². The van der Waals surface area contributed by atoms with Crippen LogP contribution < -0.4 is 0 Å². The van der Waals surface area contributed by atoms with Crippen molar-refractivity contribution >= 4 is 21.2 Å². The molecule has 2 rings (SSSR count). The number of methoxy groups -OCH3 is 1. The first kappa shape index (κ1) is 14.9. The Kier molecular flexibility index (Phi) is 5.36. The predicted octanol–water partition coefficient (Wildman–Crippen LogP) is 2.75. The molecule has 0 atom stereocenters. The van der Waals surface area contributed by atoms with Crippen molar-refractivity contribution in [3.63, 3.8) is 0 Å². The number of hydrogen-bond acceptors (Lipinski definition) is 5. The molecule has 0 radical (unpaired) electrons. The van der Waals surface area contributed by atoms with E-state index in [0.29, 0.717) is 11.6 Å². The van der Waals surface area contributed by atoms with Gasteiger partial charge in [-0.3, -0.25) is 0 Å². The maximum Gasteiger partial charge on any atom is 0.158 e. The minimum atomic E-state index is -3.10. The van der Waals surface area contributed by atoms with Crippen LogP contribution in [0.4, 0.5) is 0 Å². The highest BCUT2D eigenvalue weighted by molar-refractivity contribution is 7.90.